The molecular weight excluding hydrogens is 266 g/mol. The van der Waals surface area contributed by atoms with Crippen molar-refractivity contribution in [3.8, 4) is 0 Å². The van der Waals surface area contributed by atoms with E-state index in [2.05, 4.69) is 56.6 Å². The average Bonchev–Trinajstić information content (AvgIpc) is 2.77. The number of rotatable bonds is 5. The summed E-state index contributed by atoms with van der Waals surface area (Å²) >= 11 is 5.52. The molecule has 0 radical (unpaired) electrons. The Kier molecular flexibility index (Phi) is 4.66. The van der Waals surface area contributed by atoms with E-state index in [0.717, 1.165) is 23.6 Å². The number of nitrogens with one attached hydrogen (secondary N) is 2. The van der Waals surface area contributed by atoms with Crippen LogP contribution >= 0.6 is 12.2 Å². The van der Waals surface area contributed by atoms with E-state index >= 15 is 0 Å². The first-order valence-electron chi connectivity index (χ1n) is 7.48. The minimum Gasteiger partial charge on any atom is -0.342 e. The number of thiocarbonyl (C=S) groups is 1. The van der Waals surface area contributed by atoms with Gasteiger partial charge in [-0.2, -0.15) is 0 Å². The molecule has 2 N–H and O–H groups in total. The molecule has 3 nitrogen and oxygen atoms in total. The lowest BCUT2D eigenvalue weighted by atomic mass is 10.0. The molecule has 0 aromatic heterocycles. The highest BCUT2D eigenvalue weighted by atomic mass is 32.1. The second kappa shape index (κ2) is 6.10. The van der Waals surface area contributed by atoms with E-state index in [1.54, 1.807) is 0 Å². The Morgan fingerprint density at radius 2 is 1.95 bits per heavy atom. The molecule has 0 spiro atoms. The highest BCUT2D eigenvalue weighted by molar-refractivity contribution is 7.80. The molecule has 0 bridgehead atoms. The Balaban J connectivity index is 2.21. The number of hydrogen-bond donors (Lipinski definition) is 2. The van der Waals surface area contributed by atoms with Crippen molar-refractivity contribution in [2.75, 3.05) is 5.01 Å². The fourth-order valence-electron chi connectivity index (χ4n) is 2.54. The number of hydrazine groups is 1. The number of unbranched alkanes of at least 4 members (excludes halogenated alkanes) is 1. The molecule has 1 saturated heterocycles. The van der Waals surface area contributed by atoms with Gasteiger partial charge in [-0.1, -0.05) is 26.3 Å². The van der Waals surface area contributed by atoms with Crippen molar-refractivity contribution >= 4 is 23.0 Å². The van der Waals surface area contributed by atoms with Gasteiger partial charge in [0.1, 0.15) is 5.66 Å². The minimum atomic E-state index is -0.0914. The topological polar surface area (TPSA) is 27.3 Å². The first-order valence-corrected chi connectivity index (χ1v) is 7.89. The summed E-state index contributed by atoms with van der Waals surface area (Å²) in [5, 5.41) is 6.27. The van der Waals surface area contributed by atoms with Crippen LogP contribution in [0.15, 0.2) is 18.2 Å². The third kappa shape index (κ3) is 2.96. The molecule has 1 fully saturated rings. The maximum absolute atomic E-state index is 5.52. The maximum Gasteiger partial charge on any atom is 0.189 e. The zero-order valence-electron chi connectivity index (χ0n) is 12.9. The van der Waals surface area contributed by atoms with E-state index in [-0.39, 0.29) is 5.66 Å². The van der Waals surface area contributed by atoms with Crippen LogP contribution in [0.3, 0.4) is 0 Å². The van der Waals surface area contributed by atoms with Gasteiger partial charge in [0.05, 0.1) is 5.69 Å². The third-order valence-electron chi connectivity index (χ3n) is 4.18. The molecule has 4 heteroatoms. The predicted octanol–water partition coefficient (Wildman–Crippen LogP) is 3.80. The summed E-state index contributed by atoms with van der Waals surface area (Å²) in [7, 11) is 0. The van der Waals surface area contributed by atoms with Gasteiger partial charge in [-0.3, -0.25) is 5.01 Å². The van der Waals surface area contributed by atoms with Crippen LogP contribution < -0.4 is 15.8 Å². The summed E-state index contributed by atoms with van der Waals surface area (Å²) in [6, 6.07) is 6.45. The molecular formula is C16H25N3S. The number of hydrogen-bond acceptors (Lipinski definition) is 2. The van der Waals surface area contributed by atoms with Gasteiger partial charge >= 0.3 is 0 Å². The molecule has 1 aliphatic rings. The zero-order chi connectivity index (χ0) is 14.8. The van der Waals surface area contributed by atoms with Crippen LogP contribution in [0.4, 0.5) is 5.69 Å². The monoisotopic (exact) mass is 291 g/mol. The molecule has 0 saturated carbocycles. The molecule has 20 heavy (non-hydrogen) atoms. The summed E-state index contributed by atoms with van der Waals surface area (Å²) in [5.74, 6) is 0. The number of nitrogens with zero attached hydrogens (tertiary/aromatic N) is 1. The van der Waals surface area contributed by atoms with Gasteiger partial charge in [-0.15, -0.1) is 0 Å². The Hall–Kier alpha value is -1.13. The van der Waals surface area contributed by atoms with Crippen LogP contribution in [-0.4, -0.2) is 10.8 Å². The van der Waals surface area contributed by atoms with E-state index in [4.69, 9.17) is 12.2 Å². The lowest BCUT2D eigenvalue weighted by Gasteiger charge is -2.28. The van der Waals surface area contributed by atoms with Crippen LogP contribution in [0.25, 0.3) is 0 Å². The van der Waals surface area contributed by atoms with Crippen molar-refractivity contribution in [3.05, 3.63) is 29.3 Å². The van der Waals surface area contributed by atoms with Crippen LogP contribution in [0.5, 0.6) is 0 Å². The fourth-order valence-corrected chi connectivity index (χ4v) is 2.89. The first kappa shape index (κ1) is 15.3. The van der Waals surface area contributed by atoms with Crippen molar-refractivity contribution in [2.24, 2.45) is 0 Å². The molecule has 1 atom stereocenters. The average molecular weight is 291 g/mol. The van der Waals surface area contributed by atoms with Crippen molar-refractivity contribution in [1.29, 1.82) is 0 Å². The smallest absolute Gasteiger partial charge is 0.189 e. The van der Waals surface area contributed by atoms with E-state index < -0.39 is 0 Å². The van der Waals surface area contributed by atoms with Crippen molar-refractivity contribution in [2.45, 2.75) is 59.0 Å². The molecule has 110 valence electrons. The van der Waals surface area contributed by atoms with E-state index in [9.17, 15) is 0 Å². The molecule has 2 rings (SSSR count). The molecule has 1 aliphatic heterocycles. The Labute approximate surface area is 127 Å². The Morgan fingerprint density at radius 1 is 1.20 bits per heavy atom. The summed E-state index contributed by atoms with van der Waals surface area (Å²) < 4.78 is 0. The largest absolute Gasteiger partial charge is 0.342 e. The lowest BCUT2D eigenvalue weighted by molar-refractivity contribution is 0.294. The van der Waals surface area contributed by atoms with Gasteiger partial charge in [0.25, 0.3) is 0 Å². The summed E-state index contributed by atoms with van der Waals surface area (Å²) in [5.41, 5.74) is 7.19. The molecule has 1 heterocycles. The van der Waals surface area contributed by atoms with E-state index in [1.807, 2.05) is 5.01 Å². The van der Waals surface area contributed by atoms with Gasteiger partial charge in [-0.05, 0) is 68.6 Å². The van der Waals surface area contributed by atoms with Crippen molar-refractivity contribution in [1.82, 2.24) is 10.7 Å². The van der Waals surface area contributed by atoms with Crippen LogP contribution in [0.2, 0.25) is 0 Å². The molecule has 1 aromatic carbocycles. The van der Waals surface area contributed by atoms with Crippen molar-refractivity contribution in [3.63, 3.8) is 0 Å². The van der Waals surface area contributed by atoms with Crippen LogP contribution in [-0.2, 0) is 0 Å². The van der Waals surface area contributed by atoms with Crippen LogP contribution in [0, 0.1) is 13.8 Å². The van der Waals surface area contributed by atoms with Gasteiger partial charge in [0.15, 0.2) is 5.11 Å². The normalized spacial score (nSPS) is 22.2. The van der Waals surface area contributed by atoms with Gasteiger partial charge in [0, 0.05) is 0 Å². The summed E-state index contributed by atoms with van der Waals surface area (Å²) in [4.78, 5) is 0. The summed E-state index contributed by atoms with van der Waals surface area (Å²) in [6.07, 6.45) is 4.48. The van der Waals surface area contributed by atoms with Gasteiger partial charge in [0.2, 0.25) is 0 Å². The highest BCUT2D eigenvalue weighted by Crippen LogP contribution is 2.26. The Morgan fingerprint density at radius 3 is 2.55 bits per heavy atom. The molecule has 0 aliphatic carbocycles. The number of aryl methyl sites for hydroxylation is 2. The fraction of sp³-hybridized carbons (Fsp3) is 0.562. The SMILES string of the molecule is CCCC[C@]1(CC)NC(=S)N(c2ccc(C)c(C)c2)N1. The molecule has 1 aromatic rings. The lowest BCUT2D eigenvalue weighted by Crippen LogP contribution is -2.50. The highest BCUT2D eigenvalue weighted by Gasteiger charge is 2.38. The quantitative estimate of drug-likeness (QED) is 0.807. The zero-order valence-corrected chi connectivity index (χ0v) is 13.7. The summed E-state index contributed by atoms with van der Waals surface area (Å²) in [6.45, 7) is 8.68. The van der Waals surface area contributed by atoms with Gasteiger partial charge in [-0.25, -0.2) is 5.43 Å². The third-order valence-corrected chi connectivity index (χ3v) is 4.47. The molecule has 0 unspecified atom stereocenters. The van der Waals surface area contributed by atoms with Crippen LogP contribution in [0.1, 0.15) is 50.7 Å². The van der Waals surface area contributed by atoms with E-state index in [0.29, 0.717) is 0 Å². The van der Waals surface area contributed by atoms with Crippen molar-refractivity contribution < 1.29 is 0 Å². The first-order chi connectivity index (χ1) is 9.51. The predicted molar refractivity (Wildman–Crippen MR) is 89.8 cm³/mol. The Bertz CT molecular complexity index is 500. The number of benzene rings is 1. The minimum absolute atomic E-state index is 0.0914. The molecule has 0 amide bonds. The maximum atomic E-state index is 5.52. The second-order valence-electron chi connectivity index (χ2n) is 5.69. The standard InChI is InChI=1S/C16H25N3S/c1-5-7-10-16(6-2)17-15(20)19(18-16)14-9-8-12(3)13(4)11-14/h8-9,11,18H,5-7,10H2,1-4H3,(H,17,20)/t16-/m1/s1. The van der Waals surface area contributed by atoms with E-state index in [1.165, 1.54) is 24.0 Å². The second-order valence-corrected chi connectivity index (χ2v) is 6.07. The number of anilines is 1. The van der Waals surface area contributed by atoms with Gasteiger partial charge < -0.3 is 5.32 Å².